The first-order valence-electron chi connectivity index (χ1n) is 8.52. The summed E-state index contributed by atoms with van der Waals surface area (Å²) in [5, 5.41) is 39.9. The minimum atomic E-state index is -0.232. The van der Waals surface area contributed by atoms with Crippen molar-refractivity contribution in [1.82, 2.24) is 0 Å². The van der Waals surface area contributed by atoms with Gasteiger partial charge in [0, 0.05) is 19.1 Å². The van der Waals surface area contributed by atoms with E-state index in [-0.39, 0.29) is 42.5 Å². The van der Waals surface area contributed by atoms with Crippen molar-refractivity contribution in [3.05, 3.63) is 47.0 Å². The van der Waals surface area contributed by atoms with Crippen LogP contribution in [0.2, 0.25) is 0 Å². The lowest BCUT2D eigenvalue weighted by molar-refractivity contribution is 0.101. The minimum Gasteiger partial charge on any atom is -0.504 e. The van der Waals surface area contributed by atoms with Crippen LogP contribution < -0.4 is 9.47 Å². The lowest BCUT2D eigenvalue weighted by Crippen LogP contribution is -2.35. The van der Waals surface area contributed by atoms with Crippen LogP contribution in [-0.2, 0) is 6.42 Å². The fourth-order valence-corrected chi connectivity index (χ4v) is 3.96. The molecule has 1 aliphatic carbocycles. The third-order valence-corrected chi connectivity index (χ3v) is 5.30. The van der Waals surface area contributed by atoms with Crippen molar-refractivity contribution >= 4 is 0 Å². The van der Waals surface area contributed by atoms with Gasteiger partial charge >= 0.3 is 0 Å². The van der Waals surface area contributed by atoms with Gasteiger partial charge in [-0.1, -0.05) is 6.07 Å². The predicted octanol–water partition coefficient (Wildman–Crippen LogP) is 2.02. The number of phenolic OH excluding ortho intramolecular Hbond substituents is 2. The fourth-order valence-electron chi connectivity index (χ4n) is 3.96. The number of fused-ring (bicyclic) bond motifs is 1. The van der Waals surface area contributed by atoms with Crippen LogP contribution in [0.3, 0.4) is 0 Å². The smallest absolute Gasteiger partial charge is 0.160 e. The number of ether oxygens (including phenoxy) is 2. The molecule has 2 aromatic carbocycles. The third kappa shape index (κ3) is 3.06. The summed E-state index contributed by atoms with van der Waals surface area (Å²) in [7, 11) is 2.97. The van der Waals surface area contributed by atoms with Crippen LogP contribution in [0.1, 0.15) is 22.6 Å². The van der Waals surface area contributed by atoms with Crippen molar-refractivity contribution in [2.45, 2.75) is 12.3 Å². The van der Waals surface area contributed by atoms with Gasteiger partial charge in [0.2, 0.25) is 0 Å². The maximum atomic E-state index is 10.1. The largest absolute Gasteiger partial charge is 0.504 e. The highest BCUT2D eigenvalue weighted by Gasteiger charge is 2.38. The highest BCUT2D eigenvalue weighted by molar-refractivity contribution is 5.53. The zero-order chi connectivity index (χ0) is 18.8. The van der Waals surface area contributed by atoms with E-state index in [0.717, 1.165) is 16.7 Å². The molecule has 4 N–H and O–H groups in total. The molecule has 0 bridgehead atoms. The van der Waals surface area contributed by atoms with E-state index in [1.54, 1.807) is 30.3 Å². The molecule has 140 valence electrons. The molecule has 0 saturated heterocycles. The fraction of sp³-hybridized carbons (Fsp3) is 0.400. The van der Waals surface area contributed by atoms with Gasteiger partial charge in [-0.2, -0.15) is 0 Å². The number of hydrogen-bond acceptors (Lipinski definition) is 6. The quantitative estimate of drug-likeness (QED) is 0.651. The molecule has 0 heterocycles. The molecule has 6 heteroatoms. The van der Waals surface area contributed by atoms with Crippen LogP contribution in [0, 0.1) is 11.8 Å². The highest BCUT2D eigenvalue weighted by atomic mass is 16.5. The third-order valence-electron chi connectivity index (χ3n) is 5.30. The molecule has 0 unspecified atom stereocenters. The van der Waals surface area contributed by atoms with Crippen molar-refractivity contribution < 1.29 is 29.9 Å². The van der Waals surface area contributed by atoms with Gasteiger partial charge in [0.1, 0.15) is 0 Å². The molecular weight excluding hydrogens is 336 g/mol. The van der Waals surface area contributed by atoms with Gasteiger partial charge in [-0.25, -0.2) is 0 Å². The van der Waals surface area contributed by atoms with Gasteiger partial charge in [-0.3, -0.25) is 0 Å². The molecule has 3 rings (SSSR count). The Kier molecular flexibility index (Phi) is 5.25. The van der Waals surface area contributed by atoms with Crippen molar-refractivity contribution in [3.63, 3.8) is 0 Å². The van der Waals surface area contributed by atoms with Crippen molar-refractivity contribution in [2.75, 3.05) is 27.4 Å². The van der Waals surface area contributed by atoms with Gasteiger partial charge < -0.3 is 29.9 Å². The summed E-state index contributed by atoms with van der Waals surface area (Å²) in [6.07, 6.45) is 0.556. The molecule has 3 atom stereocenters. The Morgan fingerprint density at radius 1 is 0.923 bits per heavy atom. The van der Waals surface area contributed by atoms with Crippen molar-refractivity contribution in [2.24, 2.45) is 11.8 Å². The maximum absolute atomic E-state index is 10.1. The second-order valence-corrected chi connectivity index (χ2v) is 6.63. The van der Waals surface area contributed by atoms with Gasteiger partial charge in [0.05, 0.1) is 14.2 Å². The standard InChI is InChI=1S/C20H24O6/c1-25-18-7-11(3-4-16(18)23)20-14-8-19(26-2)17(24)6-12(14)5-13(9-21)15(20)10-22/h3-4,6-8,13,15,20-24H,5,9-10H2,1-2H3/t13-,15-,20-/m1/s1. The van der Waals surface area contributed by atoms with E-state index in [0.29, 0.717) is 17.9 Å². The molecule has 26 heavy (non-hydrogen) atoms. The van der Waals surface area contributed by atoms with Gasteiger partial charge in [-0.05, 0) is 59.2 Å². The van der Waals surface area contributed by atoms with Crippen LogP contribution in [-0.4, -0.2) is 47.9 Å². The highest BCUT2D eigenvalue weighted by Crippen LogP contribution is 2.47. The first kappa shape index (κ1) is 18.4. The number of rotatable bonds is 5. The summed E-state index contributed by atoms with van der Waals surface area (Å²) in [5.74, 6) is 0.199. The summed E-state index contributed by atoms with van der Waals surface area (Å²) in [5.41, 5.74) is 2.69. The first-order valence-corrected chi connectivity index (χ1v) is 8.52. The second kappa shape index (κ2) is 7.43. The number of aromatic hydroxyl groups is 2. The summed E-state index contributed by atoms with van der Waals surface area (Å²) < 4.78 is 10.5. The second-order valence-electron chi connectivity index (χ2n) is 6.63. The summed E-state index contributed by atoms with van der Waals surface area (Å²) in [6.45, 7) is -0.162. The Bertz CT molecular complexity index is 788. The Balaban J connectivity index is 2.20. The molecule has 0 spiro atoms. The predicted molar refractivity (Wildman–Crippen MR) is 96.0 cm³/mol. The Morgan fingerprint density at radius 2 is 1.62 bits per heavy atom. The van der Waals surface area contributed by atoms with Crippen LogP contribution >= 0.6 is 0 Å². The van der Waals surface area contributed by atoms with Crippen LogP contribution in [0.25, 0.3) is 0 Å². The number of hydrogen-bond donors (Lipinski definition) is 4. The number of aliphatic hydroxyl groups is 2. The molecular formula is C20H24O6. The lowest BCUT2D eigenvalue weighted by atomic mass is 9.67. The Hall–Kier alpha value is -2.44. The van der Waals surface area contributed by atoms with Crippen molar-refractivity contribution in [3.8, 4) is 23.0 Å². The van der Waals surface area contributed by atoms with Crippen LogP contribution in [0.5, 0.6) is 23.0 Å². The van der Waals surface area contributed by atoms with E-state index in [1.807, 2.05) is 0 Å². The van der Waals surface area contributed by atoms with Crippen molar-refractivity contribution in [1.29, 1.82) is 0 Å². The molecule has 0 saturated carbocycles. The van der Waals surface area contributed by atoms with E-state index >= 15 is 0 Å². The van der Waals surface area contributed by atoms with Gasteiger partial charge in [0.25, 0.3) is 0 Å². The van der Waals surface area contributed by atoms with E-state index in [4.69, 9.17) is 9.47 Å². The van der Waals surface area contributed by atoms with Gasteiger partial charge in [0.15, 0.2) is 23.0 Å². The van der Waals surface area contributed by atoms with E-state index < -0.39 is 0 Å². The monoisotopic (exact) mass is 360 g/mol. The van der Waals surface area contributed by atoms with E-state index in [9.17, 15) is 20.4 Å². The van der Waals surface area contributed by atoms with Gasteiger partial charge in [-0.15, -0.1) is 0 Å². The molecule has 0 amide bonds. The molecule has 0 radical (unpaired) electrons. The van der Waals surface area contributed by atoms with E-state index in [1.165, 1.54) is 14.2 Å². The zero-order valence-electron chi connectivity index (χ0n) is 14.8. The van der Waals surface area contributed by atoms with Crippen LogP contribution in [0.4, 0.5) is 0 Å². The summed E-state index contributed by atoms with van der Waals surface area (Å²) in [6, 6.07) is 8.53. The normalized spacial score (nSPS) is 21.9. The molecule has 6 nitrogen and oxygen atoms in total. The SMILES string of the molecule is COc1cc([C@@H]2c3cc(OC)c(O)cc3C[C@H](CO)[C@H]2CO)ccc1O. The lowest BCUT2D eigenvalue weighted by Gasteiger charge is -2.39. The molecule has 0 fully saturated rings. The number of aliphatic hydroxyl groups excluding tert-OH is 2. The Morgan fingerprint density at radius 3 is 2.23 bits per heavy atom. The average Bonchev–Trinajstić information content (AvgIpc) is 2.66. The maximum Gasteiger partial charge on any atom is 0.160 e. The number of methoxy groups -OCH3 is 2. The zero-order valence-corrected chi connectivity index (χ0v) is 14.8. The minimum absolute atomic E-state index is 0.0369. The first-order chi connectivity index (χ1) is 12.5. The Labute approximate surface area is 152 Å². The van der Waals surface area contributed by atoms with E-state index in [2.05, 4.69) is 0 Å². The summed E-state index contributed by atoms with van der Waals surface area (Å²) in [4.78, 5) is 0. The summed E-state index contributed by atoms with van der Waals surface area (Å²) >= 11 is 0. The average molecular weight is 360 g/mol. The topological polar surface area (TPSA) is 99.4 Å². The molecule has 0 aliphatic heterocycles. The van der Waals surface area contributed by atoms with Crippen LogP contribution in [0.15, 0.2) is 30.3 Å². The molecule has 2 aromatic rings. The number of phenols is 2. The molecule has 1 aliphatic rings. The molecule has 0 aromatic heterocycles. The number of benzene rings is 2.